The van der Waals surface area contributed by atoms with Gasteiger partial charge in [-0.05, 0) is 42.5 Å². The number of halogens is 4. The molecule has 0 unspecified atom stereocenters. The molecular formula is C26H18F4N4O3. The Bertz CT molecular complexity index is 1500. The number of alkyl halides is 3. The molecule has 0 atom stereocenters. The lowest BCUT2D eigenvalue weighted by atomic mass is 10.1. The van der Waals surface area contributed by atoms with Crippen molar-refractivity contribution in [1.82, 2.24) is 19.5 Å². The van der Waals surface area contributed by atoms with Gasteiger partial charge in [-0.1, -0.05) is 6.07 Å². The van der Waals surface area contributed by atoms with Crippen molar-refractivity contribution in [3.63, 3.8) is 0 Å². The molecule has 5 aromatic rings. The Balaban J connectivity index is 1.16. The zero-order valence-corrected chi connectivity index (χ0v) is 19.0. The minimum atomic E-state index is -4.61. The number of imidazole rings is 1. The molecule has 37 heavy (non-hydrogen) atoms. The molecule has 0 fully saturated rings. The van der Waals surface area contributed by atoms with E-state index in [0.717, 1.165) is 23.4 Å². The summed E-state index contributed by atoms with van der Waals surface area (Å²) in [6, 6.07) is 9.47. The van der Waals surface area contributed by atoms with Crippen LogP contribution in [0.3, 0.4) is 0 Å². The predicted octanol–water partition coefficient (Wildman–Crippen LogP) is 6.48. The molecular weight excluding hydrogens is 492 g/mol. The fraction of sp³-hybridized carbons (Fsp3) is 0.115. The van der Waals surface area contributed by atoms with Crippen molar-refractivity contribution in [3.8, 4) is 17.2 Å². The van der Waals surface area contributed by atoms with Crippen LogP contribution in [0, 0.1) is 5.82 Å². The lowest BCUT2D eigenvalue weighted by Gasteiger charge is -2.07. The topological polar surface area (TPSA) is 79.1 Å². The van der Waals surface area contributed by atoms with E-state index < -0.39 is 17.6 Å². The van der Waals surface area contributed by atoms with Crippen LogP contribution in [0.1, 0.15) is 28.4 Å². The van der Waals surface area contributed by atoms with Crippen molar-refractivity contribution in [3.05, 3.63) is 108 Å². The van der Waals surface area contributed by atoms with Crippen molar-refractivity contribution in [1.29, 1.82) is 0 Å². The van der Waals surface area contributed by atoms with Crippen LogP contribution in [0.15, 0.2) is 82.5 Å². The van der Waals surface area contributed by atoms with Gasteiger partial charge in [0.2, 0.25) is 11.8 Å². The molecule has 11 heteroatoms. The first-order valence-corrected chi connectivity index (χ1v) is 11.0. The van der Waals surface area contributed by atoms with Crippen molar-refractivity contribution < 1.29 is 31.1 Å². The maximum Gasteiger partial charge on any atom is 0.416 e. The van der Waals surface area contributed by atoms with Crippen LogP contribution in [-0.4, -0.2) is 19.5 Å². The molecule has 3 aromatic heterocycles. The van der Waals surface area contributed by atoms with Gasteiger partial charge in [0.1, 0.15) is 36.4 Å². The lowest BCUT2D eigenvalue weighted by molar-refractivity contribution is -0.137. The molecule has 0 aliphatic heterocycles. The van der Waals surface area contributed by atoms with E-state index in [1.807, 2.05) is 22.9 Å². The van der Waals surface area contributed by atoms with Gasteiger partial charge in [0.15, 0.2) is 0 Å². The summed E-state index contributed by atoms with van der Waals surface area (Å²) in [6.07, 6.45) is 6.26. The summed E-state index contributed by atoms with van der Waals surface area (Å²) in [6.45, 7) is 0.665. The highest BCUT2D eigenvalue weighted by molar-refractivity contribution is 5.66. The van der Waals surface area contributed by atoms with Crippen LogP contribution in [-0.2, 0) is 19.3 Å². The van der Waals surface area contributed by atoms with Crippen molar-refractivity contribution >= 4 is 12.2 Å². The van der Waals surface area contributed by atoms with Crippen LogP contribution in [0.25, 0.3) is 23.6 Å². The Hall–Kier alpha value is -4.67. The van der Waals surface area contributed by atoms with Gasteiger partial charge in [0.05, 0.1) is 24.1 Å². The molecule has 0 N–H and O–H groups in total. The summed E-state index contributed by atoms with van der Waals surface area (Å²) in [5.74, 6) is 0.229. The lowest BCUT2D eigenvalue weighted by Crippen LogP contribution is -2.05. The third-order valence-corrected chi connectivity index (χ3v) is 5.25. The molecule has 2 aromatic carbocycles. The van der Waals surface area contributed by atoms with E-state index in [1.165, 1.54) is 18.4 Å². The van der Waals surface area contributed by atoms with E-state index in [0.29, 0.717) is 29.9 Å². The number of hydrogen-bond acceptors (Lipinski definition) is 6. The van der Waals surface area contributed by atoms with Crippen molar-refractivity contribution in [2.24, 2.45) is 0 Å². The zero-order valence-electron chi connectivity index (χ0n) is 19.0. The molecule has 0 spiro atoms. The minimum absolute atomic E-state index is 0.0241. The highest BCUT2D eigenvalue weighted by atomic mass is 19.4. The van der Waals surface area contributed by atoms with E-state index >= 15 is 0 Å². The van der Waals surface area contributed by atoms with Crippen LogP contribution in [0.2, 0.25) is 0 Å². The fourth-order valence-electron chi connectivity index (χ4n) is 3.40. The van der Waals surface area contributed by atoms with E-state index in [4.69, 9.17) is 13.6 Å². The molecule has 0 saturated heterocycles. The summed E-state index contributed by atoms with van der Waals surface area (Å²) in [5, 5.41) is 0. The van der Waals surface area contributed by atoms with Gasteiger partial charge in [-0.15, -0.1) is 0 Å². The molecule has 0 bridgehead atoms. The van der Waals surface area contributed by atoms with Gasteiger partial charge >= 0.3 is 6.18 Å². The van der Waals surface area contributed by atoms with Crippen LogP contribution < -0.4 is 4.74 Å². The monoisotopic (exact) mass is 510 g/mol. The summed E-state index contributed by atoms with van der Waals surface area (Å²) in [5.41, 5.74) is 0.956. The van der Waals surface area contributed by atoms with Gasteiger partial charge in [-0.25, -0.2) is 19.3 Å². The Morgan fingerprint density at radius 3 is 2.49 bits per heavy atom. The number of hydrogen-bond donors (Lipinski definition) is 0. The second-order valence-corrected chi connectivity index (χ2v) is 7.94. The maximum atomic E-state index is 14.0. The third kappa shape index (κ3) is 5.95. The summed E-state index contributed by atoms with van der Waals surface area (Å²) < 4.78 is 70.5. The highest BCUT2D eigenvalue weighted by Crippen LogP contribution is 2.30. The average molecular weight is 510 g/mol. The van der Waals surface area contributed by atoms with Gasteiger partial charge in [0, 0.05) is 29.6 Å². The molecule has 0 radical (unpaired) electrons. The van der Waals surface area contributed by atoms with Crippen LogP contribution in [0.5, 0.6) is 5.75 Å². The van der Waals surface area contributed by atoms with Gasteiger partial charge in [-0.2, -0.15) is 13.2 Å². The Morgan fingerprint density at radius 2 is 1.76 bits per heavy atom. The quantitative estimate of drug-likeness (QED) is 0.222. The SMILES string of the molecule is Fc1cc(C(F)(F)F)ccc1C=Cc1nc(COc2ccc(-c3nc(Cn4ccnc4)co3)cc2)co1. The standard InChI is InChI=1S/C26H18F4N4O3/c27-23-11-19(26(28,29)30)5-1-17(23)4-8-24-32-21(15-36-24)14-35-22-6-2-18(3-7-22)25-33-20(13-37-25)12-34-10-9-31-16-34/h1-11,13,15-16H,12,14H2. The van der Waals surface area contributed by atoms with Gasteiger partial charge in [0.25, 0.3) is 0 Å². The molecule has 188 valence electrons. The normalized spacial score (nSPS) is 11.9. The smallest absolute Gasteiger partial charge is 0.416 e. The van der Waals surface area contributed by atoms with Gasteiger partial charge < -0.3 is 18.1 Å². The number of benzene rings is 2. The number of nitrogens with zero attached hydrogens (tertiary/aromatic N) is 4. The fourth-order valence-corrected chi connectivity index (χ4v) is 3.40. The second-order valence-electron chi connectivity index (χ2n) is 7.94. The number of aromatic nitrogens is 4. The van der Waals surface area contributed by atoms with Crippen LogP contribution in [0.4, 0.5) is 17.6 Å². The zero-order chi connectivity index (χ0) is 25.8. The largest absolute Gasteiger partial charge is 0.487 e. The first kappa shape index (κ1) is 24.0. The molecule has 0 aliphatic rings. The molecule has 0 aliphatic carbocycles. The van der Waals surface area contributed by atoms with E-state index in [-0.39, 0.29) is 18.1 Å². The molecule has 5 rings (SSSR count). The molecule has 0 saturated carbocycles. The number of rotatable bonds is 8. The Morgan fingerprint density at radius 1 is 0.946 bits per heavy atom. The highest BCUT2D eigenvalue weighted by Gasteiger charge is 2.31. The Labute approximate surface area is 207 Å². The van der Waals surface area contributed by atoms with Crippen molar-refractivity contribution in [2.45, 2.75) is 19.3 Å². The summed E-state index contributed by atoms with van der Waals surface area (Å²) in [4.78, 5) is 12.7. The first-order chi connectivity index (χ1) is 17.8. The minimum Gasteiger partial charge on any atom is -0.487 e. The number of oxazole rings is 2. The summed E-state index contributed by atoms with van der Waals surface area (Å²) >= 11 is 0. The Kier molecular flexibility index (Phi) is 6.59. The van der Waals surface area contributed by atoms with Crippen LogP contribution >= 0.6 is 0 Å². The molecule has 7 nitrogen and oxygen atoms in total. The maximum absolute atomic E-state index is 14.0. The molecule has 0 amide bonds. The average Bonchev–Trinajstić information content (AvgIpc) is 3.65. The van der Waals surface area contributed by atoms with Gasteiger partial charge in [-0.3, -0.25) is 0 Å². The summed E-state index contributed by atoms with van der Waals surface area (Å²) in [7, 11) is 0. The number of ether oxygens (including phenoxy) is 1. The van der Waals surface area contributed by atoms with E-state index in [1.54, 1.807) is 30.9 Å². The molecule has 3 heterocycles. The van der Waals surface area contributed by atoms with Crippen molar-refractivity contribution in [2.75, 3.05) is 0 Å². The second kappa shape index (κ2) is 10.1. The first-order valence-electron chi connectivity index (χ1n) is 11.0. The van der Waals surface area contributed by atoms with E-state index in [2.05, 4.69) is 15.0 Å². The van der Waals surface area contributed by atoms with E-state index in [9.17, 15) is 17.6 Å². The third-order valence-electron chi connectivity index (χ3n) is 5.25. The predicted molar refractivity (Wildman–Crippen MR) is 124 cm³/mol.